The minimum atomic E-state index is -1.45. The molecule has 1 unspecified atom stereocenters. The molecule has 0 radical (unpaired) electrons. The summed E-state index contributed by atoms with van der Waals surface area (Å²) in [6.07, 6.45) is 0. The number of benzene rings is 2. The molecular weight excluding hydrogens is 449 g/mol. The van der Waals surface area contributed by atoms with E-state index in [2.05, 4.69) is 15.5 Å². The van der Waals surface area contributed by atoms with Gasteiger partial charge in [-0.3, -0.25) is 9.59 Å². The van der Waals surface area contributed by atoms with Gasteiger partial charge < -0.3 is 24.3 Å². The molecule has 0 spiro atoms. The molecule has 1 N–H and O–H groups in total. The maximum atomic E-state index is 12.7. The molecule has 0 fully saturated rings. The van der Waals surface area contributed by atoms with Crippen LogP contribution in [0.5, 0.6) is 23.0 Å². The summed E-state index contributed by atoms with van der Waals surface area (Å²) >= 11 is 12.5. The van der Waals surface area contributed by atoms with E-state index in [-0.39, 0.29) is 32.9 Å². The van der Waals surface area contributed by atoms with Gasteiger partial charge in [0.1, 0.15) is 27.9 Å². The highest BCUT2D eigenvalue weighted by Crippen LogP contribution is 2.41. The van der Waals surface area contributed by atoms with Crippen LogP contribution in [0.1, 0.15) is 6.92 Å². The standard InChI is InChI=1S/C20H21Cl2N3O6/c1-10(26)17(25-24-13-6-7-14(29-3)19(31-5)16(13)22)20(27)23-18-12(21)8-11(28-2)9-15(18)30-4/h6-9,17H,1-5H3,(H,23,27). The van der Waals surface area contributed by atoms with Gasteiger partial charge in [0.15, 0.2) is 17.3 Å². The number of methoxy groups -OCH3 is 4. The molecule has 0 saturated carbocycles. The number of carbonyl (C=O) groups excluding carboxylic acids is 2. The van der Waals surface area contributed by atoms with Crippen LogP contribution in [0.15, 0.2) is 34.5 Å². The zero-order valence-electron chi connectivity index (χ0n) is 17.5. The molecule has 2 aromatic rings. The Labute approximate surface area is 189 Å². The van der Waals surface area contributed by atoms with Gasteiger partial charge in [0.2, 0.25) is 6.04 Å². The molecule has 166 valence electrons. The molecule has 1 atom stereocenters. The smallest absolute Gasteiger partial charge is 0.258 e. The topological polar surface area (TPSA) is 108 Å². The Balaban J connectivity index is 2.34. The number of anilines is 1. The number of ketones is 1. The molecule has 0 bridgehead atoms. The van der Waals surface area contributed by atoms with E-state index in [9.17, 15) is 9.59 Å². The first-order valence-corrected chi connectivity index (χ1v) is 9.57. The minimum absolute atomic E-state index is 0.119. The first-order chi connectivity index (χ1) is 14.8. The van der Waals surface area contributed by atoms with Crippen molar-refractivity contribution in [3.05, 3.63) is 34.3 Å². The number of azo groups is 1. The van der Waals surface area contributed by atoms with Crippen LogP contribution in [-0.2, 0) is 9.59 Å². The van der Waals surface area contributed by atoms with Crippen molar-refractivity contribution >= 4 is 46.3 Å². The van der Waals surface area contributed by atoms with Gasteiger partial charge in [-0.15, -0.1) is 0 Å². The van der Waals surface area contributed by atoms with Gasteiger partial charge in [-0.1, -0.05) is 23.2 Å². The highest BCUT2D eigenvalue weighted by atomic mass is 35.5. The summed E-state index contributed by atoms with van der Waals surface area (Å²) in [6.45, 7) is 1.21. The molecular formula is C20H21Cl2N3O6. The number of nitrogens with one attached hydrogen (secondary N) is 1. The fraction of sp³-hybridized carbons (Fsp3) is 0.300. The third-order valence-electron chi connectivity index (χ3n) is 4.11. The molecule has 11 heteroatoms. The van der Waals surface area contributed by atoms with Crippen LogP contribution in [0.4, 0.5) is 11.4 Å². The van der Waals surface area contributed by atoms with E-state index >= 15 is 0 Å². The number of hydrogen-bond donors (Lipinski definition) is 1. The van der Waals surface area contributed by atoms with Gasteiger partial charge in [0, 0.05) is 12.1 Å². The predicted octanol–water partition coefficient (Wildman–Crippen LogP) is 4.71. The van der Waals surface area contributed by atoms with Gasteiger partial charge in [-0.25, -0.2) is 0 Å². The number of ether oxygens (including phenoxy) is 4. The average molecular weight is 470 g/mol. The van der Waals surface area contributed by atoms with Crippen LogP contribution in [0.2, 0.25) is 10.0 Å². The Kier molecular flexibility index (Phi) is 8.47. The van der Waals surface area contributed by atoms with Crippen molar-refractivity contribution in [1.82, 2.24) is 0 Å². The molecule has 2 rings (SSSR count). The maximum absolute atomic E-state index is 12.7. The van der Waals surface area contributed by atoms with Crippen LogP contribution in [0.3, 0.4) is 0 Å². The lowest BCUT2D eigenvalue weighted by Crippen LogP contribution is -2.32. The number of hydrogen-bond acceptors (Lipinski definition) is 8. The molecule has 1 amide bonds. The Hall–Kier alpha value is -3.04. The van der Waals surface area contributed by atoms with Crippen molar-refractivity contribution in [3.63, 3.8) is 0 Å². The minimum Gasteiger partial charge on any atom is -0.497 e. The molecule has 0 aliphatic heterocycles. The van der Waals surface area contributed by atoms with E-state index < -0.39 is 17.7 Å². The maximum Gasteiger partial charge on any atom is 0.258 e. The molecule has 0 aliphatic carbocycles. The van der Waals surface area contributed by atoms with E-state index in [1.807, 2.05) is 0 Å². The summed E-state index contributed by atoms with van der Waals surface area (Å²) in [5.74, 6) is 0.0399. The van der Waals surface area contributed by atoms with E-state index in [0.717, 1.165) is 0 Å². The Morgan fingerprint density at radius 3 is 2.19 bits per heavy atom. The molecule has 0 heterocycles. The summed E-state index contributed by atoms with van der Waals surface area (Å²) < 4.78 is 20.7. The van der Waals surface area contributed by atoms with Crippen LogP contribution in [0.25, 0.3) is 0 Å². The molecule has 0 saturated heterocycles. The van der Waals surface area contributed by atoms with Crippen molar-refractivity contribution in [2.45, 2.75) is 13.0 Å². The Bertz CT molecular complexity index is 1010. The number of rotatable bonds is 9. The van der Waals surface area contributed by atoms with Crippen LogP contribution < -0.4 is 24.3 Å². The molecule has 0 aromatic heterocycles. The normalized spacial score (nSPS) is 11.7. The summed E-state index contributed by atoms with van der Waals surface area (Å²) in [4.78, 5) is 24.8. The first-order valence-electron chi connectivity index (χ1n) is 8.81. The lowest BCUT2D eigenvalue weighted by molar-refractivity contribution is -0.126. The third kappa shape index (κ3) is 5.56. The second kappa shape index (κ2) is 10.8. The van der Waals surface area contributed by atoms with Gasteiger partial charge in [-0.2, -0.15) is 10.2 Å². The monoisotopic (exact) mass is 469 g/mol. The summed E-state index contributed by atoms with van der Waals surface area (Å²) in [7, 11) is 5.75. The lowest BCUT2D eigenvalue weighted by Gasteiger charge is -2.15. The van der Waals surface area contributed by atoms with Crippen molar-refractivity contribution < 1.29 is 28.5 Å². The van der Waals surface area contributed by atoms with Crippen LogP contribution >= 0.6 is 23.2 Å². The SMILES string of the molecule is COc1cc(Cl)c(NC(=O)C(N=Nc2ccc(OC)c(OC)c2Cl)C(C)=O)c(OC)c1. The summed E-state index contributed by atoms with van der Waals surface area (Å²) in [5.41, 5.74) is 0.360. The van der Waals surface area contributed by atoms with Gasteiger partial charge in [0.25, 0.3) is 5.91 Å². The number of carbonyl (C=O) groups is 2. The van der Waals surface area contributed by atoms with Crippen molar-refractivity contribution in [2.75, 3.05) is 33.8 Å². The van der Waals surface area contributed by atoms with E-state index in [4.69, 9.17) is 42.1 Å². The molecule has 0 aliphatic rings. The first kappa shape index (κ1) is 24.2. The second-order valence-corrected chi connectivity index (χ2v) is 6.82. The molecule has 9 nitrogen and oxygen atoms in total. The number of Topliss-reactive ketones (excluding diaryl/α,β-unsaturated/α-hetero) is 1. The molecule has 31 heavy (non-hydrogen) atoms. The zero-order chi connectivity index (χ0) is 23.1. The summed E-state index contributed by atoms with van der Waals surface area (Å²) in [6, 6.07) is 4.67. The third-order valence-corrected chi connectivity index (χ3v) is 4.77. The Morgan fingerprint density at radius 2 is 1.65 bits per heavy atom. The predicted molar refractivity (Wildman–Crippen MR) is 117 cm³/mol. The largest absolute Gasteiger partial charge is 0.497 e. The fourth-order valence-electron chi connectivity index (χ4n) is 2.54. The summed E-state index contributed by atoms with van der Waals surface area (Å²) in [5, 5.41) is 10.7. The average Bonchev–Trinajstić information content (AvgIpc) is 2.75. The number of nitrogens with zero attached hydrogens (tertiary/aromatic N) is 2. The van der Waals surface area contributed by atoms with Crippen molar-refractivity contribution in [1.29, 1.82) is 0 Å². The van der Waals surface area contributed by atoms with E-state index in [1.54, 1.807) is 6.07 Å². The second-order valence-electron chi connectivity index (χ2n) is 6.04. The van der Waals surface area contributed by atoms with E-state index in [0.29, 0.717) is 11.5 Å². The van der Waals surface area contributed by atoms with E-state index in [1.165, 1.54) is 53.6 Å². The number of halogens is 2. The van der Waals surface area contributed by atoms with Crippen molar-refractivity contribution in [3.8, 4) is 23.0 Å². The number of amides is 1. The fourth-order valence-corrected chi connectivity index (χ4v) is 3.06. The lowest BCUT2D eigenvalue weighted by atomic mass is 10.2. The van der Waals surface area contributed by atoms with Crippen LogP contribution in [-0.4, -0.2) is 46.2 Å². The molecule has 2 aromatic carbocycles. The zero-order valence-corrected chi connectivity index (χ0v) is 19.0. The highest BCUT2D eigenvalue weighted by Gasteiger charge is 2.26. The Morgan fingerprint density at radius 1 is 0.968 bits per heavy atom. The van der Waals surface area contributed by atoms with Gasteiger partial charge >= 0.3 is 0 Å². The van der Waals surface area contributed by atoms with Gasteiger partial charge in [-0.05, 0) is 19.1 Å². The van der Waals surface area contributed by atoms with Crippen molar-refractivity contribution in [2.24, 2.45) is 10.2 Å². The van der Waals surface area contributed by atoms with Crippen LogP contribution in [0, 0.1) is 0 Å². The quantitative estimate of drug-likeness (QED) is 0.420. The van der Waals surface area contributed by atoms with Gasteiger partial charge in [0.05, 0.1) is 33.5 Å². The highest BCUT2D eigenvalue weighted by molar-refractivity contribution is 6.35.